The van der Waals surface area contributed by atoms with Crippen LogP contribution < -0.4 is 15.4 Å². The van der Waals surface area contributed by atoms with Crippen molar-refractivity contribution in [3.05, 3.63) is 64.8 Å². The van der Waals surface area contributed by atoms with Gasteiger partial charge in [0, 0.05) is 22.0 Å². The Morgan fingerprint density at radius 1 is 1.00 bits per heavy atom. The Labute approximate surface area is 149 Å². The van der Waals surface area contributed by atoms with Gasteiger partial charge in [0.2, 0.25) is 5.95 Å². The molecule has 0 unspecified atom stereocenters. The summed E-state index contributed by atoms with van der Waals surface area (Å²) in [5.41, 5.74) is 3.02. The lowest BCUT2D eigenvalue weighted by Gasteiger charge is -2.10. The number of nitrogens with one attached hydrogen (secondary N) is 2. The van der Waals surface area contributed by atoms with E-state index in [0.29, 0.717) is 11.8 Å². The molecule has 0 radical (unpaired) electrons. The van der Waals surface area contributed by atoms with Gasteiger partial charge in [-0.15, -0.1) is 0 Å². The third-order valence-electron chi connectivity index (χ3n) is 3.45. The van der Waals surface area contributed by atoms with Crippen LogP contribution in [0.2, 0.25) is 0 Å². The Balaban J connectivity index is 1.75. The summed E-state index contributed by atoms with van der Waals surface area (Å²) in [7, 11) is 1.65. The number of aromatic nitrogens is 2. The third kappa shape index (κ3) is 4.02. The predicted octanol–water partition coefficient (Wildman–Crippen LogP) is 5.04. The number of hydrogen-bond donors (Lipinski definition) is 2. The highest BCUT2D eigenvalue weighted by Crippen LogP contribution is 2.23. The van der Waals surface area contributed by atoms with Gasteiger partial charge in [-0.3, -0.25) is 0 Å². The Morgan fingerprint density at radius 2 is 1.79 bits per heavy atom. The Bertz CT molecular complexity index is 837. The monoisotopic (exact) mass is 384 g/mol. The summed E-state index contributed by atoms with van der Waals surface area (Å²) < 4.78 is 6.20. The second kappa shape index (κ2) is 7.31. The predicted molar refractivity (Wildman–Crippen MR) is 100 cm³/mol. The normalized spacial score (nSPS) is 10.3. The Morgan fingerprint density at radius 3 is 2.50 bits per heavy atom. The first-order chi connectivity index (χ1) is 11.6. The molecule has 0 atom stereocenters. The van der Waals surface area contributed by atoms with E-state index in [9.17, 15) is 0 Å². The van der Waals surface area contributed by atoms with Crippen molar-refractivity contribution in [2.24, 2.45) is 0 Å². The molecule has 0 saturated carbocycles. The van der Waals surface area contributed by atoms with E-state index in [-0.39, 0.29) is 0 Å². The number of methoxy groups -OCH3 is 1. The fraction of sp³-hybridized carbons (Fsp3) is 0.111. The van der Waals surface area contributed by atoms with Gasteiger partial charge in [0.25, 0.3) is 0 Å². The molecule has 1 aromatic heterocycles. The summed E-state index contributed by atoms with van der Waals surface area (Å²) >= 11 is 3.46. The first-order valence-electron chi connectivity index (χ1n) is 7.41. The van der Waals surface area contributed by atoms with Gasteiger partial charge in [0.05, 0.1) is 7.11 Å². The molecule has 0 aliphatic heterocycles. The van der Waals surface area contributed by atoms with Crippen molar-refractivity contribution in [2.45, 2.75) is 6.92 Å². The minimum Gasteiger partial charge on any atom is -0.497 e. The molecular formula is C18H17BrN4O. The zero-order valence-electron chi connectivity index (χ0n) is 13.4. The second-order valence-electron chi connectivity index (χ2n) is 5.20. The summed E-state index contributed by atoms with van der Waals surface area (Å²) in [4.78, 5) is 8.77. The standard InChI is InChI=1S/C18H17BrN4O/c1-12-11-13(19)3-8-16(12)22-18-20-10-9-17(23-18)21-14-4-6-15(24-2)7-5-14/h3-11H,1-2H3,(H2,20,21,22,23). The van der Waals surface area contributed by atoms with E-state index in [2.05, 4.69) is 36.5 Å². The smallest absolute Gasteiger partial charge is 0.229 e. The number of halogens is 1. The zero-order valence-corrected chi connectivity index (χ0v) is 15.0. The highest BCUT2D eigenvalue weighted by atomic mass is 79.9. The molecule has 0 aliphatic carbocycles. The molecule has 2 N–H and O–H groups in total. The first-order valence-corrected chi connectivity index (χ1v) is 8.20. The highest BCUT2D eigenvalue weighted by Gasteiger charge is 2.04. The van der Waals surface area contributed by atoms with Crippen LogP contribution in [0, 0.1) is 6.92 Å². The van der Waals surface area contributed by atoms with Gasteiger partial charge in [-0.1, -0.05) is 15.9 Å². The van der Waals surface area contributed by atoms with Gasteiger partial charge in [-0.05, 0) is 61.0 Å². The largest absolute Gasteiger partial charge is 0.497 e. The summed E-state index contributed by atoms with van der Waals surface area (Å²) in [6, 6.07) is 15.5. The van der Waals surface area contributed by atoms with E-state index >= 15 is 0 Å². The quantitative estimate of drug-likeness (QED) is 0.644. The Hall–Kier alpha value is -2.60. The molecular weight excluding hydrogens is 368 g/mol. The van der Waals surface area contributed by atoms with Crippen LogP contribution in [0.15, 0.2) is 59.2 Å². The lowest BCUT2D eigenvalue weighted by molar-refractivity contribution is 0.415. The van der Waals surface area contributed by atoms with Gasteiger partial charge < -0.3 is 15.4 Å². The summed E-state index contributed by atoms with van der Waals surface area (Å²) in [5, 5.41) is 6.49. The molecule has 6 heteroatoms. The van der Waals surface area contributed by atoms with E-state index in [0.717, 1.165) is 27.2 Å². The fourth-order valence-corrected chi connectivity index (χ4v) is 2.67. The maximum atomic E-state index is 5.16. The van der Waals surface area contributed by atoms with Crippen LogP contribution in [0.5, 0.6) is 5.75 Å². The van der Waals surface area contributed by atoms with Crippen molar-refractivity contribution in [2.75, 3.05) is 17.7 Å². The molecule has 24 heavy (non-hydrogen) atoms. The second-order valence-corrected chi connectivity index (χ2v) is 6.12. The number of aryl methyl sites for hydroxylation is 1. The molecule has 2 aromatic carbocycles. The average molecular weight is 385 g/mol. The van der Waals surface area contributed by atoms with Crippen molar-refractivity contribution in [1.82, 2.24) is 9.97 Å². The molecule has 0 bridgehead atoms. The van der Waals surface area contributed by atoms with Crippen LogP contribution in [0.3, 0.4) is 0 Å². The van der Waals surface area contributed by atoms with Gasteiger partial charge in [-0.25, -0.2) is 4.98 Å². The average Bonchev–Trinajstić information content (AvgIpc) is 2.58. The van der Waals surface area contributed by atoms with Crippen LogP contribution in [0.1, 0.15) is 5.56 Å². The van der Waals surface area contributed by atoms with Crippen molar-refractivity contribution in [3.63, 3.8) is 0 Å². The van der Waals surface area contributed by atoms with E-state index in [4.69, 9.17) is 4.74 Å². The molecule has 0 fully saturated rings. The number of anilines is 4. The lowest BCUT2D eigenvalue weighted by atomic mass is 10.2. The number of hydrogen-bond acceptors (Lipinski definition) is 5. The van der Waals surface area contributed by atoms with Crippen molar-refractivity contribution in [1.29, 1.82) is 0 Å². The van der Waals surface area contributed by atoms with Crippen LogP contribution in [0.4, 0.5) is 23.1 Å². The van der Waals surface area contributed by atoms with Crippen molar-refractivity contribution in [3.8, 4) is 5.75 Å². The van der Waals surface area contributed by atoms with Crippen molar-refractivity contribution < 1.29 is 4.74 Å². The zero-order chi connectivity index (χ0) is 16.9. The topological polar surface area (TPSA) is 59.1 Å². The van der Waals surface area contributed by atoms with Crippen LogP contribution in [-0.4, -0.2) is 17.1 Å². The first kappa shape index (κ1) is 16.3. The molecule has 122 valence electrons. The number of rotatable bonds is 5. The minimum absolute atomic E-state index is 0.541. The molecule has 3 aromatic rings. The van der Waals surface area contributed by atoms with Crippen LogP contribution in [-0.2, 0) is 0 Å². The molecule has 0 amide bonds. The van der Waals surface area contributed by atoms with E-state index in [1.807, 2.05) is 55.5 Å². The highest BCUT2D eigenvalue weighted by molar-refractivity contribution is 9.10. The summed E-state index contributed by atoms with van der Waals surface area (Å²) in [6.45, 7) is 2.03. The minimum atomic E-state index is 0.541. The molecule has 0 saturated heterocycles. The molecule has 1 heterocycles. The SMILES string of the molecule is COc1ccc(Nc2ccnc(Nc3ccc(Br)cc3C)n2)cc1. The van der Waals surface area contributed by atoms with Gasteiger partial charge >= 0.3 is 0 Å². The van der Waals surface area contributed by atoms with E-state index in [1.54, 1.807) is 13.3 Å². The molecule has 0 spiro atoms. The number of ether oxygens (including phenoxy) is 1. The maximum Gasteiger partial charge on any atom is 0.229 e. The van der Waals surface area contributed by atoms with Crippen LogP contribution in [0.25, 0.3) is 0 Å². The van der Waals surface area contributed by atoms with Gasteiger partial charge in [0.15, 0.2) is 0 Å². The lowest BCUT2D eigenvalue weighted by Crippen LogP contribution is -2.01. The van der Waals surface area contributed by atoms with Crippen LogP contribution >= 0.6 is 15.9 Å². The summed E-state index contributed by atoms with van der Waals surface area (Å²) in [6.07, 6.45) is 1.72. The van der Waals surface area contributed by atoms with Gasteiger partial charge in [-0.2, -0.15) is 4.98 Å². The van der Waals surface area contributed by atoms with Crippen molar-refractivity contribution >= 4 is 39.1 Å². The molecule has 3 rings (SSSR count). The number of benzene rings is 2. The number of nitrogens with zero attached hydrogens (tertiary/aromatic N) is 2. The maximum absolute atomic E-state index is 5.16. The fourth-order valence-electron chi connectivity index (χ4n) is 2.20. The molecule has 5 nitrogen and oxygen atoms in total. The Kier molecular flexibility index (Phi) is 4.96. The third-order valence-corrected chi connectivity index (χ3v) is 3.95. The summed E-state index contributed by atoms with van der Waals surface area (Å²) in [5.74, 6) is 2.07. The van der Waals surface area contributed by atoms with E-state index < -0.39 is 0 Å². The van der Waals surface area contributed by atoms with E-state index in [1.165, 1.54) is 0 Å². The molecule has 0 aliphatic rings. The van der Waals surface area contributed by atoms with Gasteiger partial charge in [0.1, 0.15) is 11.6 Å².